The Morgan fingerprint density at radius 3 is 2.55 bits per heavy atom. The average molecular weight is 267 g/mol. The van der Waals surface area contributed by atoms with Crippen molar-refractivity contribution in [2.75, 3.05) is 0 Å². The van der Waals surface area contributed by atoms with Crippen molar-refractivity contribution in [2.45, 2.75) is 6.92 Å². The summed E-state index contributed by atoms with van der Waals surface area (Å²) in [6.07, 6.45) is 1.77. The van der Waals surface area contributed by atoms with E-state index in [9.17, 15) is 10.1 Å². The molecule has 0 fully saturated rings. The highest BCUT2D eigenvalue weighted by molar-refractivity contribution is 5.82. The lowest BCUT2D eigenvalue weighted by atomic mass is 10.0. The first-order chi connectivity index (χ1) is 9.56. The fourth-order valence-corrected chi connectivity index (χ4v) is 2.35. The summed E-state index contributed by atoms with van der Waals surface area (Å²) < 4.78 is 1.96. The van der Waals surface area contributed by atoms with Crippen LogP contribution < -0.4 is 0 Å². The predicted octanol–water partition coefficient (Wildman–Crippen LogP) is 3.46. The molecular weight excluding hydrogens is 254 g/mol. The zero-order chi connectivity index (χ0) is 14.3. The summed E-state index contributed by atoms with van der Waals surface area (Å²) in [7, 11) is 1.94. The molecule has 5 nitrogen and oxygen atoms in total. The molecule has 0 aliphatic carbocycles. The molecule has 0 unspecified atom stereocenters. The van der Waals surface area contributed by atoms with Crippen molar-refractivity contribution in [3.63, 3.8) is 0 Å². The molecule has 100 valence electrons. The fraction of sp³-hybridized carbons (Fsp3) is 0.133. The molecule has 0 amide bonds. The van der Waals surface area contributed by atoms with Crippen LogP contribution in [0.15, 0.2) is 42.7 Å². The third-order valence-corrected chi connectivity index (χ3v) is 3.45. The summed E-state index contributed by atoms with van der Waals surface area (Å²) in [6, 6.07) is 11.2. The van der Waals surface area contributed by atoms with Gasteiger partial charge in [0.1, 0.15) is 0 Å². The molecule has 5 heteroatoms. The van der Waals surface area contributed by atoms with Crippen LogP contribution in [0.2, 0.25) is 0 Å². The third-order valence-electron chi connectivity index (χ3n) is 3.45. The molecule has 3 rings (SSSR count). The number of nitrogens with zero attached hydrogens (tertiary/aromatic N) is 3. The molecule has 20 heavy (non-hydrogen) atoms. The molecule has 0 atom stereocenters. The Hall–Kier alpha value is -2.69. The van der Waals surface area contributed by atoms with E-state index in [1.807, 2.05) is 35.9 Å². The van der Waals surface area contributed by atoms with E-state index >= 15 is 0 Å². The molecule has 0 spiro atoms. The van der Waals surface area contributed by atoms with Crippen LogP contribution in [0.1, 0.15) is 5.56 Å². The van der Waals surface area contributed by atoms with Gasteiger partial charge in [-0.3, -0.25) is 10.1 Å². The normalized spacial score (nSPS) is 10.9. The predicted molar refractivity (Wildman–Crippen MR) is 77.5 cm³/mol. The number of hydrogen-bond acceptors (Lipinski definition) is 3. The van der Waals surface area contributed by atoms with E-state index in [2.05, 4.69) is 4.98 Å². The van der Waals surface area contributed by atoms with Crippen molar-refractivity contribution in [1.29, 1.82) is 0 Å². The molecule has 0 aliphatic rings. The average Bonchev–Trinajstić information content (AvgIpc) is 2.79. The van der Waals surface area contributed by atoms with Gasteiger partial charge in [-0.05, 0) is 42.3 Å². The Balaban J connectivity index is 2.13. The topological polar surface area (TPSA) is 61.0 Å². The summed E-state index contributed by atoms with van der Waals surface area (Å²) in [4.78, 5) is 14.8. The lowest BCUT2D eigenvalue weighted by molar-refractivity contribution is -0.385. The van der Waals surface area contributed by atoms with Crippen molar-refractivity contribution in [3.05, 3.63) is 58.4 Å². The Kier molecular flexibility index (Phi) is 2.75. The number of rotatable bonds is 2. The number of aryl methyl sites for hydroxylation is 2. The molecule has 3 aromatic rings. The molecule has 0 aliphatic heterocycles. The lowest BCUT2D eigenvalue weighted by Gasteiger charge is -2.05. The molecular formula is C15H13N3O2. The Labute approximate surface area is 115 Å². The maximum absolute atomic E-state index is 10.8. The summed E-state index contributed by atoms with van der Waals surface area (Å²) in [5, 5.41) is 10.8. The molecule has 0 N–H and O–H groups in total. The molecule has 0 saturated carbocycles. The Morgan fingerprint density at radius 2 is 1.85 bits per heavy atom. The maximum atomic E-state index is 10.8. The van der Waals surface area contributed by atoms with Crippen molar-refractivity contribution in [2.24, 2.45) is 7.05 Å². The van der Waals surface area contributed by atoms with Crippen molar-refractivity contribution in [1.82, 2.24) is 9.55 Å². The first-order valence-corrected chi connectivity index (χ1v) is 6.23. The SMILES string of the molecule is Cc1cc(-c2ccc3ncn(C)c3c2)ccc1[N+](=O)[O-]. The van der Waals surface area contributed by atoms with Crippen LogP contribution in [0.25, 0.3) is 22.2 Å². The fourth-order valence-electron chi connectivity index (χ4n) is 2.35. The largest absolute Gasteiger partial charge is 0.334 e. The second-order valence-corrected chi connectivity index (χ2v) is 4.82. The second kappa shape index (κ2) is 4.45. The lowest BCUT2D eigenvalue weighted by Crippen LogP contribution is -1.92. The van der Waals surface area contributed by atoms with Gasteiger partial charge in [-0.2, -0.15) is 0 Å². The Bertz CT molecular complexity index is 821. The van der Waals surface area contributed by atoms with Crippen molar-refractivity contribution in [3.8, 4) is 11.1 Å². The summed E-state index contributed by atoms with van der Waals surface area (Å²) in [6.45, 7) is 1.75. The third kappa shape index (κ3) is 1.93. The summed E-state index contributed by atoms with van der Waals surface area (Å²) >= 11 is 0. The molecule has 0 radical (unpaired) electrons. The van der Waals surface area contributed by atoms with Crippen molar-refractivity contribution >= 4 is 16.7 Å². The zero-order valence-electron chi connectivity index (χ0n) is 11.2. The van der Waals surface area contributed by atoms with Crippen LogP contribution in [0, 0.1) is 17.0 Å². The maximum Gasteiger partial charge on any atom is 0.272 e. The standard InChI is InChI=1S/C15H13N3O2/c1-10-7-11(4-6-14(10)18(19)20)12-3-5-13-15(8-12)17(2)9-16-13/h3-9H,1-2H3. The van der Waals surface area contributed by atoms with Gasteiger partial charge in [0.15, 0.2) is 0 Å². The van der Waals surface area contributed by atoms with Crippen LogP contribution in [-0.2, 0) is 7.05 Å². The number of nitro benzene ring substituents is 1. The van der Waals surface area contributed by atoms with Gasteiger partial charge in [-0.15, -0.1) is 0 Å². The van der Waals surface area contributed by atoms with Gasteiger partial charge in [0, 0.05) is 18.7 Å². The number of aromatic nitrogens is 2. The number of imidazole rings is 1. The molecule has 0 saturated heterocycles. The van der Waals surface area contributed by atoms with E-state index < -0.39 is 0 Å². The van der Waals surface area contributed by atoms with E-state index in [4.69, 9.17) is 0 Å². The monoisotopic (exact) mass is 267 g/mol. The smallest absolute Gasteiger partial charge is 0.272 e. The van der Waals surface area contributed by atoms with Gasteiger partial charge in [-0.25, -0.2) is 4.98 Å². The van der Waals surface area contributed by atoms with Gasteiger partial charge in [0.25, 0.3) is 5.69 Å². The minimum Gasteiger partial charge on any atom is -0.334 e. The van der Waals surface area contributed by atoms with Crippen LogP contribution in [0.4, 0.5) is 5.69 Å². The van der Waals surface area contributed by atoms with Crippen LogP contribution in [-0.4, -0.2) is 14.5 Å². The molecule has 2 aromatic carbocycles. The summed E-state index contributed by atoms with van der Waals surface area (Å²) in [5.41, 5.74) is 4.79. The number of fused-ring (bicyclic) bond motifs is 1. The van der Waals surface area contributed by atoms with E-state index in [1.54, 1.807) is 25.4 Å². The Morgan fingerprint density at radius 1 is 1.15 bits per heavy atom. The minimum absolute atomic E-state index is 0.148. The quantitative estimate of drug-likeness (QED) is 0.527. The number of benzene rings is 2. The van der Waals surface area contributed by atoms with Gasteiger partial charge < -0.3 is 4.57 Å². The van der Waals surface area contributed by atoms with E-state index in [-0.39, 0.29) is 10.6 Å². The van der Waals surface area contributed by atoms with Crippen LogP contribution in [0.5, 0.6) is 0 Å². The van der Waals surface area contributed by atoms with Gasteiger partial charge in [-0.1, -0.05) is 6.07 Å². The molecule has 1 heterocycles. The highest BCUT2D eigenvalue weighted by Crippen LogP contribution is 2.28. The van der Waals surface area contributed by atoms with Crippen molar-refractivity contribution < 1.29 is 4.92 Å². The minimum atomic E-state index is -0.358. The van der Waals surface area contributed by atoms with E-state index in [0.717, 1.165) is 22.2 Å². The summed E-state index contributed by atoms with van der Waals surface area (Å²) in [5.74, 6) is 0. The molecule has 1 aromatic heterocycles. The van der Waals surface area contributed by atoms with E-state index in [1.165, 1.54) is 0 Å². The first-order valence-electron chi connectivity index (χ1n) is 6.23. The highest BCUT2D eigenvalue weighted by atomic mass is 16.6. The van der Waals surface area contributed by atoms with Gasteiger partial charge in [0.2, 0.25) is 0 Å². The molecule has 0 bridgehead atoms. The van der Waals surface area contributed by atoms with Crippen LogP contribution >= 0.6 is 0 Å². The zero-order valence-corrected chi connectivity index (χ0v) is 11.2. The number of nitro groups is 1. The number of hydrogen-bond donors (Lipinski definition) is 0. The van der Waals surface area contributed by atoms with Crippen LogP contribution in [0.3, 0.4) is 0 Å². The van der Waals surface area contributed by atoms with Gasteiger partial charge >= 0.3 is 0 Å². The van der Waals surface area contributed by atoms with E-state index in [0.29, 0.717) is 5.56 Å². The van der Waals surface area contributed by atoms with Gasteiger partial charge in [0.05, 0.1) is 22.3 Å². The highest BCUT2D eigenvalue weighted by Gasteiger charge is 2.11. The second-order valence-electron chi connectivity index (χ2n) is 4.82. The first kappa shape index (κ1) is 12.3.